The SMILES string of the molecule is COC(=O)N[C@H](C(=O)N1CCC[C@H]1C1=NC=C(C#Cc2ccc3cc(C#Cc4cnc([C@@H]5CCCN5C(=O)[C@@H](NC(=O)OC)C(C)C)[nH]4)ccc3c2)C1)C(C)C. The fourth-order valence-electron chi connectivity index (χ4n) is 7.44. The van der Waals surface area contributed by atoms with Crippen molar-refractivity contribution in [2.45, 2.75) is 84.0 Å². The van der Waals surface area contributed by atoms with E-state index < -0.39 is 24.3 Å². The number of fused-ring (bicyclic) bond motifs is 1. The van der Waals surface area contributed by atoms with Gasteiger partial charge in [0.25, 0.3) is 0 Å². The molecule has 0 bridgehead atoms. The molecule has 3 N–H and O–H groups in total. The summed E-state index contributed by atoms with van der Waals surface area (Å²) >= 11 is 0. The first-order valence-corrected chi connectivity index (χ1v) is 19.1. The van der Waals surface area contributed by atoms with Gasteiger partial charge in [0.2, 0.25) is 11.8 Å². The number of likely N-dealkylation sites (tertiary alicyclic amines) is 2. The molecule has 0 radical (unpaired) electrons. The maximum Gasteiger partial charge on any atom is 0.407 e. The number of nitrogens with zero attached hydrogens (tertiary/aromatic N) is 4. The first-order chi connectivity index (χ1) is 26.9. The van der Waals surface area contributed by atoms with Crippen molar-refractivity contribution < 1.29 is 28.7 Å². The standard InChI is InChI=1S/C43H49N7O6/c1-26(2)37(47-42(53)55-5)40(51)49-19-7-9-35(49)34-23-30(24-44-34)12-11-28-13-16-32-22-29(14-17-31(32)21-28)15-18-33-25-45-39(46-33)36-10-8-20-50(36)41(52)38(27(3)4)48-43(54)56-6/h13-14,16-17,21-22,24-27,35-38H,7-10,19-20,23H2,1-6H3,(H,45,46)(H,47,53)(H,48,54)/t35-,36-,37-,38-/m0/s1. The van der Waals surface area contributed by atoms with E-state index in [2.05, 4.69) is 55.3 Å². The first kappa shape index (κ1) is 39.6. The van der Waals surface area contributed by atoms with E-state index in [-0.39, 0.29) is 35.7 Å². The molecule has 2 aromatic carbocycles. The number of H-pyrrole nitrogens is 1. The number of carbonyl (C=O) groups is 4. The zero-order chi connectivity index (χ0) is 39.9. The van der Waals surface area contributed by atoms with E-state index in [4.69, 9.17) is 9.47 Å². The fraction of sp³-hybridized carbons (Fsp3) is 0.442. The number of rotatable bonds is 8. The Bertz CT molecular complexity index is 2180. The van der Waals surface area contributed by atoms with Gasteiger partial charge in [0, 0.05) is 48.1 Å². The van der Waals surface area contributed by atoms with Gasteiger partial charge in [0.1, 0.15) is 23.6 Å². The van der Waals surface area contributed by atoms with Crippen molar-refractivity contribution in [2.75, 3.05) is 27.3 Å². The third kappa shape index (κ3) is 9.06. The molecule has 0 spiro atoms. The van der Waals surface area contributed by atoms with Crippen molar-refractivity contribution in [3.05, 3.63) is 77.0 Å². The highest BCUT2D eigenvalue weighted by Crippen LogP contribution is 2.32. The molecule has 13 nitrogen and oxygen atoms in total. The minimum absolute atomic E-state index is 0.0940. The normalized spacial score (nSPS) is 18.7. The van der Waals surface area contributed by atoms with Gasteiger partial charge in [0.15, 0.2) is 0 Å². The lowest BCUT2D eigenvalue weighted by molar-refractivity contribution is -0.135. The molecule has 4 atom stereocenters. The molecular formula is C43H49N7O6. The van der Waals surface area contributed by atoms with E-state index >= 15 is 0 Å². The van der Waals surface area contributed by atoms with Crippen LogP contribution >= 0.6 is 0 Å². The Kier molecular flexibility index (Phi) is 12.4. The van der Waals surface area contributed by atoms with Crippen LogP contribution in [0, 0.1) is 35.5 Å². The van der Waals surface area contributed by atoms with Crippen molar-refractivity contribution in [1.82, 2.24) is 30.4 Å². The fourth-order valence-corrected chi connectivity index (χ4v) is 7.44. The third-order valence-corrected chi connectivity index (χ3v) is 10.5. The highest BCUT2D eigenvalue weighted by Gasteiger charge is 2.39. The molecule has 292 valence electrons. The number of aliphatic imine (C=N–C) groups is 1. The predicted molar refractivity (Wildman–Crippen MR) is 212 cm³/mol. The molecule has 0 unspecified atom stereocenters. The van der Waals surface area contributed by atoms with Crippen LogP contribution in [0.4, 0.5) is 9.59 Å². The number of nitrogens with one attached hydrogen (secondary N) is 3. The molecule has 2 fully saturated rings. The second-order valence-corrected chi connectivity index (χ2v) is 15.0. The number of hydrogen-bond donors (Lipinski definition) is 3. The van der Waals surface area contributed by atoms with Gasteiger partial charge in [-0.3, -0.25) is 14.6 Å². The van der Waals surface area contributed by atoms with E-state index in [0.717, 1.165) is 58.9 Å². The van der Waals surface area contributed by atoms with Crippen LogP contribution in [0.1, 0.15) is 88.5 Å². The van der Waals surface area contributed by atoms with Crippen molar-refractivity contribution in [3.8, 4) is 23.7 Å². The number of ether oxygens (including phenoxy) is 2. The molecular weight excluding hydrogens is 711 g/mol. The maximum absolute atomic E-state index is 13.5. The number of aromatic nitrogens is 2. The van der Waals surface area contributed by atoms with Crippen molar-refractivity contribution in [3.63, 3.8) is 0 Å². The molecule has 3 aliphatic rings. The van der Waals surface area contributed by atoms with Gasteiger partial charge in [-0.1, -0.05) is 57.6 Å². The molecule has 56 heavy (non-hydrogen) atoms. The van der Waals surface area contributed by atoms with Gasteiger partial charge >= 0.3 is 12.2 Å². The van der Waals surface area contributed by atoms with Gasteiger partial charge in [-0.15, -0.1) is 0 Å². The Labute approximate surface area is 327 Å². The summed E-state index contributed by atoms with van der Waals surface area (Å²) in [4.78, 5) is 66.9. The lowest BCUT2D eigenvalue weighted by Crippen LogP contribution is -2.53. The highest BCUT2D eigenvalue weighted by molar-refractivity contribution is 5.99. The predicted octanol–water partition coefficient (Wildman–Crippen LogP) is 5.46. The summed E-state index contributed by atoms with van der Waals surface area (Å²) in [6.45, 7) is 8.78. The highest BCUT2D eigenvalue weighted by atomic mass is 16.5. The molecule has 0 saturated carbocycles. The maximum atomic E-state index is 13.5. The third-order valence-electron chi connectivity index (χ3n) is 10.5. The van der Waals surface area contributed by atoms with Crippen molar-refractivity contribution in [2.24, 2.45) is 16.8 Å². The average molecular weight is 760 g/mol. The van der Waals surface area contributed by atoms with E-state index in [1.807, 2.05) is 62.9 Å². The van der Waals surface area contributed by atoms with Gasteiger partial charge in [0.05, 0.1) is 32.5 Å². The van der Waals surface area contributed by atoms with Gasteiger partial charge < -0.3 is 34.9 Å². The molecule has 4 amide bonds. The summed E-state index contributed by atoms with van der Waals surface area (Å²) in [7, 11) is 2.57. The average Bonchev–Trinajstić information content (AvgIpc) is 4.03. The minimum Gasteiger partial charge on any atom is -0.453 e. The molecule has 4 heterocycles. The van der Waals surface area contributed by atoms with E-state index in [1.54, 1.807) is 17.3 Å². The number of aromatic amines is 1. The van der Waals surface area contributed by atoms with Crippen LogP contribution in [-0.2, 0) is 19.1 Å². The van der Waals surface area contributed by atoms with Gasteiger partial charge in [-0.25, -0.2) is 14.6 Å². The monoisotopic (exact) mass is 759 g/mol. The summed E-state index contributed by atoms with van der Waals surface area (Å²) < 4.78 is 9.48. The summed E-state index contributed by atoms with van der Waals surface area (Å²) in [6, 6.07) is 10.4. The Balaban J connectivity index is 1.07. The minimum atomic E-state index is -0.697. The lowest BCUT2D eigenvalue weighted by Gasteiger charge is -2.31. The number of benzene rings is 2. The molecule has 0 aliphatic carbocycles. The zero-order valence-corrected chi connectivity index (χ0v) is 32.8. The number of hydrogen-bond acceptors (Lipinski definition) is 8. The molecule has 1 aromatic heterocycles. The van der Waals surface area contributed by atoms with Crippen LogP contribution in [0.15, 0.2) is 59.4 Å². The smallest absolute Gasteiger partial charge is 0.407 e. The Morgan fingerprint density at radius 2 is 1.30 bits per heavy atom. The Morgan fingerprint density at radius 1 is 0.768 bits per heavy atom. The number of methoxy groups -OCH3 is 2. The topological polar surface area (TPSA) is 158 Å². The molecule has 3 aliphatic heterocycles. The van der Waals surface area contributed by atoms with Crippen LogP contribution in [0.3, 0.4) is 0 Å². The van der Waals surface area contributed by atoms with Crippen LogP contribution in [0.25, 0.3) is 10.8 Å². The number of imidazole rings is 1. The van der Waals surface area contributed by atoms with Crippen LogP contribution < -0.4 is 10.6 Å². The zero-order valence-electron chi connectivity index (χ0n) is 32.8. The van der Waals surface area contributed by atoms with E-state index in [1.165, 1.54) is 14.2 Å². The van der Waals surface area contributed by atoms with E-state index in [9.17, 15) is 19.2 Å². The number of alkyl carbamates (subject to hydrolysis) is 2. The quantitative estimate of drug-likeness (QED) is 0.258. The second-order valence-electron chi connectivity index (χ2n) is 15.0. The number of amides is 4. The van der Waals surface area contributed by atoms with Crippen molar-refractivity contribution >= 4 is 40.5 Å². The summed E-state index contributed by atoms with van der Waals surface area (Å²) in [5.74, 6) is 13.2. The second kappa shape index (κ2) is 17.6. The van der Waals surface area contributed by atoms with E-state index in [0.29, 0.717) is 31.0 Å². The van der Waals surface area contributed by atoms with Gasteiger partial charge in [-0.2, -0.15) is 0 Å². The number of allylic oxidation sites excluding steroid dienone is 1. The summed E-state index contributed by atoms with van der Waals surface area (Å²) in [6.07, 6.45) is 6.09. The Hall–Kier alpha value is -6.08. The molecule has 6 rings (SSSR count). The summed E-state index contributed by atoms with van der Waals surface area (Å²) in [5, 5.41) is 7.44. The van der Waals surface area contributed by atoms with Gasteiger partial charge in [-0.05, 0) is 78.5 Å². The first-order valence-electron chi connectivity index (χ1n) is 19.1. The molecule has 2 saturated heterocycles. The lowest BCUT2D eigenvalue weighted by atomic mass is 10.00. The largest absolute Gasteiger partial charge is 0.453 e. The van der Waals surface area contributed by atoms with Crippen LogP contribution in [-0.4, -0.2) is 94.9 Å². The molecule has 13 heteroatoms. The van der Waals surface area contributed by atoms with Crippen LogP contribution in [0.5, 0.6) is 0 Å². The summed E-state index contributed by atoms with van der Waals surface area (Å²) in [5.41, 5.74) is 4.18. The van der Waals surface area contributed by atoms with Crippen LogP contribution in [0.2, 0.25) is 0 Å². The Morgan fingerprint density at radius 3 is 1.86 bits per heavy atom. The number of carbonyl (C=O) groups excluding carboxylic acids is 4. The van der Waals surface area contributed by atoms with Crippen molar-refractivity contribution in [1.29, 1.82) is 0 Å². The molecule has 3 aromatic rings.